The second-order valence-corrected chi connectivity index (χ2v) is 4.71. The molecule has 1 rings (SSSR count). The Bertz CT molecular complexity index is 215. The van der Waals surface area contributed by atoms with Gasteiger partial charge in [-0.3, -0.25) is 4.79 Å². The number of hydrogen-bond acceptors (Lipinski definition) is 3. The third-order valence-corrected chi connectivity index (χ3v) is 3.39. The lowest BCUT2D eigenvalue weighted by atomic mass is 10.0. The van der Waals surface area contributed by atoms with Gasteiger partial charge in [-0.15, -0.1) is 0 Å². The fourth-order valence-corrected chi connectivity index (χ4v) is 2.06. The quantitative estimate of drug-likeness (QED) is 0.733. The highest BCUT2D eigenvalue weighted by molar-refractivity contribution is 5.76. The average Bonchev–Trinajstić information content (AvgIpc) is 2.78. The van der Waals surface area contributed by atoms with Crippen LogP contribution in [-0.2, 0) is 9.53 Å². The molecule has 16 heavy (non-hydrogen) atoms. The van der Waals surface area contributed by atoms with Gasteiger partial charge in [0.25, 0.3) is 0 Å². The normalized spacial score (nSPS) is 22.1. The second-order valence-electron chi connectivity index (χ2n) is 4.71. The summed E-state index contributed by atoms with van der Waals surface area (Å²) in [6.07, 6.45) is 2.89. The first-order chi connectivity index (χ1) is 7.65. The number of amides is 1. The van der Waals surface area contributed by atoms with Crippen LogP contribution in [0.4, 0.5) is 0 Å². The Kier molecular flexibility index (Phi) is 5.77. The molecule has 1 aliphatic rings. The van der Waals surface area contributed by atoms with Crippen molar-refractivity contribution in [2.75, 3.05) is 33.9 Å². The molecule has 0 aromatic rings. The molecule has 0 saturated carbocycles. The maximum atomic E-state index is 11.9. The van der Waals surface area contributed by atoms with Crippen molar-refractivity contribution >= 4 is 5.91 Å². The van der Waals surface area contributed by atoms with Gasteiger partial charge in [0.05, 0.1) is 12.6 Å². The van der Waals surface area contributed by atoms with E-state index >= 15 is 0 Å². The summed E-state index contributed by atoms with van der Waals surface area (Å²) in [6.45, 7) is 4.80. The van der Waals surface area contributed by atoms with Crippen LogP contribution in [0.15, 0.2) is 0 Å². The SMILES string of the molecule is COCC(C)N(C)C(=O)CCC1CCNC1. The maximum absolute atomic E-state index is 11.9. The van der Waals surface area contributed by atoms with Crippen molar-refractivity contribution in [2.45, 2.75) is 32.2 Å². The molecule has 1 aliphatic heterocycles. The van der Waals surface area contributed by atoms with Gasteiger partial charge in [0.1, 0.15) is 0 Å². The fraction of sp³-hybridized carbons (Fsp3) is 0.917. The highest BCUT2D eigenvalue weighted by atomic mass is 16.5. The Balaban J connectivity index is 2.22. The minimum Gasteiger partial charge on any atom is -0.383 e. The van der Waals surface area contributed by atoms with E-state index in [1.807, 2.05) is 14.0 Å². The van der Waals surface area contributed by atoms with Crippen LogP contribution in [-0.4, -0.2) is 50.7 Å². The van der Waals surface area contributed by atoms with Gasteiger partial charge in [-0.05, 0) is 38.8 Å². The largest absolute Gasteiger partial charge is 0.383 e. The van der Waals surface area contributed by atoms with Crippen LogP contribution in [0.1, 0.15) is 26.2 Å². The molecule has 1 N–H and O–H groups in total. The molecule has 1 fully saturated rings. The molecule has 0 aliphatic carbocycles. The summed E-state index contributed by atoms with van der Waals surface area (Å²) in [6, 6.07) is 0.166. The van der Waals surface area contributed by atoms with E-state index < -0.39 is 0 Å². The average molecular weight is 228 g/mol. The summed E-state index contributed by atoms with van der Waals surface area (Å²) in [4.78, 5) is 13.7. The summed E-state index contributed by atoms with van der Waals surface area (Å²) < 4.78 is 5.05. The van der Waals surface area contributed by atoms with E-state index in [2.05, 4.69) is 5.32 Å². The first kappa shape index (κ1) is 13.5. The van der Waals surface area contributed by atoms with Gasteiger partial charge in [0.2, 0.25) is 5.91 Å². The van der Waals surface area contributed by atoms with Gasteiger partial charge in [0.15, 0.2) is 0 Å². The molecular weight excluding hydrogens is 204 g/mol. The van der Waals surface area contributed by atoms with Crippen molar-refractivity contribution in [2.24, 2.45) is 5.92 Å². The molecule has 2 atom stereocenters. The smallest absolute Gasteiger partial charge is 0.222 e. The highest BCUT2D eigenvalue weighted by Crippen LogP contribution is 2.15. The van der Waals surface area contributed by atoms with E-state index in [0.29, 0.717) is 18.9 Å². The Morgan fingerprint density at radius 1 is 1.62 bits per heavy atom. The van der Waals surface area contributed by atoms with Crippen molar-refractivity contribution < 1.29 is 9.53 Å². The van der Waals surface area contributed by atoms with Gasteiger partial charge in [-0.2, -0.15) is 0 Å². The number of likely N-dealkylation sites (N-methyl/N-ethyl adjacent to an activating group) is 1. The summed E-state index contributed by atoms with van der Waals surface area (Å²) in [5.41, 5.74) is 0. The van der Waals surface area contributed by atoms with Crippen LogP contribution in [0.5, 0.6) is 0 Å². The third kappa shape index (κ3) is 4.10. The number of hydrogen-bond donors (Lipinski definition) is 1. The number of carbonyl (C=O) groups is 1. The topological polar surface area (TPSA) is 41.6 Å². The Labute approximate surface area is 98.3 Å². The van der Waals surface area contributed by atoms with Crippen molar-refractivity contribution in [3.05, 3.63) is 0 Å². The molecule has 0 aromatic carbocycles. The van der Waals surface area contributed by atoms with Crippen LogP contribution in [0.2, 0.25) is 0 Å². The first-order valence-corrected chi connectivity index (χ1v) is 6.10. The zero-order valence-electron chi connectivity index (χ0n) is 10.7. The Morgan fingerprint density at radius 2 is 2.38 bits per heavy atom. The second kappa shape index (κ2) is 6.86. The van der Waals surface area contributed by atoms with E-state index in [9.17, 15) is 4.79 Å². The number of rotatable bonds is 6. The predicted octanol–water partition coefficient (Wildman–Crippen LogP) is 0.869. The molecule has 94 valence electrons. The fourth-order valence-electron chi connectivity index (χ4n) is 2.06. The summed E-state index contributed by atoms with van der Waals surface area (Å²) in [5.74, 6) is 0.923. The van der Waals surface area contributed by atoms with Crippen molar-refractivity contribution in [1.82, 2.24) is 10.2 Å². The van der Waals surface area contributed by atoms with Gasteiger partial charge < -0.3 is 15.0 Å². The minimum atomic E-state index is 0.166. The predicted molar refractivity (Wildman–Crippen MR) is 64.3 cm³/mol. The van der Waals surface area contributed by atoms with Crippen molar-refractivity contribution in [1.29, 1.82) is 0 Å². The van der Waals surface area contributed by atoms with E-state index in [4.69, 9.17) is 4.74 Å². The van der Waals surface area contributed by atoms with E-state index in [1.165, 1.54) is 6.42 Å². The molecule has 2 unspecified atom stereocenters. The summed E-state index contributed by atoms with van der Waals surface area (Å²) in [7, 11) is 3.53. The molecule has 4 heteroatoms. The number of carbonyl (C=O) groups excluding carboxylic acids is 1. The number of methoxy groups -OCH3 is 1. The van der Waals surface area contributed by atoms with Crippen LogP contribution in [0.3, 0.4) is 0 Å². The lowest BCUT2D eigenvalue weighted by molar-refractivity contribution is -0.132. The first-order valence-electron chi connectivity index (χ1n) is 6.10. The molecule has 0 spiro atoms. The van der Waals surface area contributed by atoms with Gasteiger partial charge in [-0.25, -0.2) is 0 Å². The van der Waals surface area contributed by atoms with E-state index in [-0.39, 0.29) is 11.9 Å². The van der Waals surface area contributed by atoms with Gasteiger partial charge in [-0.1, -0.05) is 0 Å². The van der Waals surface area contributed by atoms with Gasteiger partial charge in [0, 0.05) is 20.6 Å². The highest BCUT2D eigenvalue weighted by Gasteiger charge is 2.19. The van der Waals surface area contributed by atoms with Crippen LogP contribution in [0.25, 0.3) is 0 Å². The Morgan fingerprint density at radius 3 is 2.94 bits per heavy atom. The molecule has 1 heterocycles. The molecule has 4 nitrogen and oxygen atoms in total. The lowest BCUT2D eigenvalue weighted by Gasteiger charge is -2.24. The molecule has 1 amide bonds. The van der Waals surface area contributed by atoms with Crippen LogP contribution >= 0.6 is 0 Å². The number of nitrogens with zero attached hydrogens (tertiary/aromatic N) is 1. The molecule has 0 bridgehead atoms. The third-order valence-electron chi connectivity index (χ3n) is 3.39. The van der Waals surface area contributed by atoms with Crippen LogP contribution < -0.4 is 5.32 Å². The minimum absolute atomic E-state index is 0.166. The van der Waals surface area contributed by atoms with E-state index in [1.54, 1.807) is 12.0 Å². The summed E-state index contributed by atoms with van der Waals surface area (Å²) >= 11 is 0. The maximum Gasteiger partial charge on any atom is 0.222 e. The lowest BCUT2D eigenvalue weighted by Crippen LogP contribution is -2.37. The van der Waals surface area contributed by atoms with Crippen molar-refractivity contribution in [3.63, 3.8) is 0 Å². The van der Waals surface area contributed by atoms with E-state index in [0.717, 1.165) is 19.5 Å². The Hall–Kier alpha value is -0.610. The summed E-state index contributed by atoms with van der Waals surface area (Å²) in [5, 5.41) is 3.32. The monoisotopic (exact) mass is 228 g/mol. The zero-order valence-corrected chi connectivity index (χ0v) is 10.7. The van der Waals surface area contributed by atoms with Gasteiger partial charge >= 0.3 is 0 Å². The number of nitrogens with one attached hydrogen (secondary N) is 1. The van der Waals surface area contributed by atoms with Crippen molar-refractivity contribution in [3.8, 4) is 0 Å². The zero-order chi connectivity index (χ0) is 12.0. The molecule has 0 aromatic heterocycles. The molecular formula is C12H24N2O2. The van der Waals surface area contributed by atoms with Crippen LogP contribution in [0, 0.1) is 5.92 Å². The number of ether oxygens (including phenoxy) is 1. The molecule has 0 radical (unpaired) electrons. The molecule has 1 saturated heterocycles. The standard InChI is InChI=1S/C12H24N2O2/c1-10(9-16-3)14(2)12(15)5-4-11-6-7-13-8-11/h10-11,13H,4-9H2,1-3H3.